The van der Waals surface area contributed by atoms with Crippen LogP contribution in [0.15, 0.2) is 0 Å². The van der Waals surface area contributed by atoms with Gasteiger partial charge in [0.1, 0.15) is 5.78 Å². The third-order valence-corrected chi connectivity index (χ3v) is 1.10. The number of piperidine rings is 1. The second kappa shape index (κ2) is 4.68. The van der Waals surface area contributed by atoms with Gasteiger partial charge in [0.25, 0.3) is 0 Å². The Balaban J connectivity index is 0.000000490. The van der Waals surface area contributed by atoms with Crippen LogP contribution in [0, 0.1) is 35.6 Å². The molecule has 0 aromatic rings. The van der Waals surface area contributed by atoms with Gasteiger partial charge in [0.05, 0.1) is 0 Å². The van der Waals surface area contributed by atoms with E-state index in [0.29, 0.717) is 18.6 Å². The predicted molar refractivity (Wildman–Crippen MR) is 27.3 cm³/mol. The summed E-state index contributed by atoms with van der Waals surface area (Å²) < 4.78 is 0. The molecule has 0 unspecified atom stereocenters. The van der Waals surface area contributed by atoms with Gasteiger partial charge in [-0.1, -0.05) is 0 Å². The maximum Gasteiger partial charge on any atom is 0.129 e. The van der Waals surface area contributed by atoms with Crippen molar-refractivity contribution >= 4 is 5.78 Å². The van der Waals surface area contributed by atoms with Crippen LogP contribution in [-0.4, -0.2) is 18.9 Å². The van der Waals surface area contributed by atoms with Gasteiger partial charge in [-0.25, -0.2) is 0 Å². The van der Waals surface area contributed by atoms with Crippen molar-refractivity contribution in [3.05, 3.63) is 5.32 Å². The summed E-state index contributed by atoms with van der Waals surface area (Å²) in [6, 6.07) is 0. The normalized spacial score (nSPS) is 19.8. The van der Waals surface area contributed by atoms with Crippen molar-refractivity contribution in [2.45, 2.75) is 12.8 Å². The van der Waals surface area contributed by atoms with Gasteiger partial charge in [-0.2, -0.15) is 0 Å². The Bertz CT molecular complexity index is 76.5. The van der Waals surface area contributed by atoms with E-state index in [0.717, 1.165) is 13.1 Å². The molecule has 0 saturated carbocycles. The standard InChI is InChI=1S/C5H8NO.La/c7-5-1-3-6-4-2-5;/h1-4H2;/q-1;. The predicted octanol–water partition coefficient (Wildman–Crippen LogP) is 0.723. The molecule has 0 aromatic heterocycles. The second-order valence-electron chi connectivity index (χ2n) is 1.71. The van der Waals surface area contributed by atoms with Crippen LogP contribution in [0.5, 0.6) is 0 Å². The molecule has 1 heterocycles. The van der Waals surface area contributed by atoms with Crippen LogP contribution in [-0.2, 0) is 4.79 Å². The van der Waals surface area contributed by atoms with Crippen LogP contribution < -0.4 is 0 Å². The SMILES string of the molecule is O=C1CC[N-]CC1.[La]. The summed E-state index contributed by atoms with van der Waals surface area (Å²) >= 11 is 0. The van der Waals surface area contributed by atoms with E-state index in [4.69, 9.17) is 0 Å². The molecule has 0 amide bonds. The molecule has 1 saturated heterocycles. The van der Waals surface area contributed by atoms with Crippen LogP contribution in [0.1, 0.15) is 12.8 Å². The summed E-state index contributed by atoms with van der Waals surface area (Å²) in [4.78, 5) is 10.4. The van der Waals surface area contributed by atoms with E-state index in [1.54, 1.807) is 0 Å². The van der Waals surface area contributed by atoms with Crippen LogP contribution >= 0.6 is 0 Å². The number of carbonyl (C=O) groups excluding carboxylic acids is 1. The zero-order valence-corrected chi connectivity index (χ0v) is 8.39. The number of carbonyl (C=O) groups is 1. The van der Waals surface area contributed by atoms with Crippen molar-refractivity contribution in [2.75, 3.05) is 13.1 Å². The zero-order chi connectivity index (χ0) is 5.11. The van der Waals surface area contributed by atoms with E-state index in [1.807, 2.05) is 0 Å². The average Bonchev–Trinajstić information content (AvgIpc) is 1.69. The van der Waals surface area contributed by atoms with E-state index in [-0.39, 0.29) is 35.6 Å². The molecular formula is C5H8LaNO-. The summed E-state index contributed by atoms with van der Waals surface area (Å²) in [6.07, 6.45) is 1.36. The number of nitrogens with zero attached hydrogens (tertiary/aromatic N) is 1. The molecule has 0 aromatic carbocycles. The molecule has 1 aliphatic heterocycles. The largest absolute Gasteiger partial charge is 0.662 e. The minimum atomic E-state index is 0. The van der Waals surface area contributed by atoms with Gasteiger partial charge < -0.3 is 5.32 Å². The van der Waals surface area contributed by atoms with Gasteiger partial charge in [0, 0.05) is 35.6 Å². The summed E-state index contributed by atoms with van der Waals surface area (Å²) in [6.45, 7) is 1.53. The number of rotatable bonds is 0. The average molecular weight is 237 g/mol. The van der Waals surface area contributed by atoms with E-state index in [1.165, 1.54) is 0 Å². The van der Waals surface area contributed by atoms with Crippen LogP contribution in [0.2, 0.25) is 0 Å². The van der Waals surface area contributed by atoms with E-state index in [2.05, 4.69) is 5.32 Å². The van der Waals surface area contributed by atoms with Gasteiger partial charge in [0.15, 0.2) is 0 Å². The van der Waals surface area contributed by atoms with Crippen LogP contribution in [0.25, 0.3) is 5.32 Å². The Morgan fingerprint density at radius 3 is 2.00 bits per heavy atom. The van der Waals surface area contributed by atoms with Crippen molar-refractivity contribution in [2.24, 2.45) is 0 Å². The van der Waals surface area contributed by atoms with E-state index >= 15 is 0 Å². The minimum Gasteiger partial charge on any atom is -0.662 e. The topological polar surface area (TPSA) is 31.2 Å². The van der Waals surface area contributed by atoms with E-state index in [9.17, 15) is 4.79 Å². The molecule has 0 aliphatic carbocycles. The summed E-state index contributed by atoms with van der Waals surface area (Å²) in [5.74, 6) is 0.370. The molecule has 43 valence electrons. The third kappa shape index (κ3) is 2.97. The molecule has 0 bridgehead atoms. The first-order chi connectivity index (χ1) is 3.39. The van der Waals surface area contributed by atoms with Gasteiger partial charge in [-0.3, -0.25) is 4.79 Å². The maximum absolute atomic E-state index is 10.4. The van der Waals surface area contributed by atoms with Gasteiger partial charge in [-0.15, -0.1) is 13.1 Å². The molecule has 1 aliphatic rings. The Labute approximate surface area is 77.0 Å². The second-order valence-corrected chi connectivity index (χ2v) is 1.71. The van der Waals surface area contributed by atoms with Gasteiger partial charge in [0.2, 0.25) is 0 Å². The quantitative estimate of drug-likeness (QED) is 0.610. The first-order valence-corrected chi connectivity index (χ1v) is 2.54. The number of hydrogen-bond acceptors (Lipinski definition) is 1. The zero-order valence-electron chi connectivity index (χ0n) is 4.76. The molecule has 1 radical (unpaired) electrons. The van der Waals surface area contributed by atoms with Gasteiger partial charge in [-0.05, 0) is 12.8 Å². The van der Waals surface area contributed by atoms with Crippen LogP contribution in [0.3, 0.4) is 0 Å². The van der Waals surface area contributed by atoms with Crippen molar-refractivity contribution in [1.29, 1.82) is 0 Å². The molecule has 1 fully saturated rings. The fourth-order valence-corrected chi connectivity index (χ4v) is 0.644. The van der Waals surface area contributed by atoms with Crippen molar-refractivity contribution in [3.63, 3.8) is 0 Å². The summed E-state index contributed by atoms with van der Waals surface area (Å²) in [5, 5.41) is 4.01. The minimum absolute atomic E-state index is 0. The summed E-state index contributed by atoms with van der Waals surface area (Å²) in [7, 11) is 0. The fourth-order valence-electron chi connectivity index (χ4n) is 0.644. The van der Waals surface area contributed by atoms with Crippen molar-refractivity contribution < 1.29 is 40.4 Å². The Morgan fingerprint density at radius 1 is 1.25 bits per heavy atom. The fraction of sp³-hybridized carbons (Fsp3) is 0.800. The molecule has 2 nitrogen and oxygen atoms in total. The molecular weight excluding hydrogens is 229 g/mol. The molecule has 0 N–H and O–H groups in total. The van der Waals surface area contributed by atoms with Crippen molar-refractivity contribution in [1.82, 2.24) is 0 Å². The first-order valence-electron chi connectivity index (χ1n) is 2.54. The molecule has 0 atom stereocenters. The van der Waals surface area contributed by atoms with E-state index < -0.39 is 0 Å². The van der Waals surface area contributed by atoms with Crippen molar-refractivity contribution in [3.8, 4) is 0 Å². The smallest absolute Gasteiger partial charge is 0.129 e. The van der Waals surface area contributed by atoms with Crippen LogP contribution in [0.4, 0.5) is 0 Å². The monoisotopic (exact) mass is 237 g/mol. The summed E-state index contributed by atoms with van der Waals surface area (Å²) in [5.41, 5.74) is 0. The number of ketones is 1. The Hall–Kier alpha value is 0.825. The number of hydrogen-bond donors (Lipinski definition) is 0. The molecule has 8 heavy (non-hydrogen) atoms. The molecule has 1 rings (SSSR count). The third-order valence-electron chi connectivity index (χ3n) is 1.10. The molecule has 3 heteroatoms. The first kappa shape index (κ1) is 8.82. The Morgan fingerprint density at radius 2 is 1.75 bits per heavy atom. The van der Waals surface area contributed by atoms with Gasteiger partial charge >= 0.3 is 0 Å². The molecule has 0 spiro atoms. The Kier molecular flexibility index (Phi) is 5.16. The number of Topliss-reactive ketones (excluding diaryl/α,β-unsaturated/α-hetero) is 1. The maximum atomic E-state index is 10.4.